The predicted octanol–water partition coefficient (Wildman–Crippen LogP) is 1.36. The molecule has 1 unspecified atom stereocenters. The third-order valence-electron chi connectivity index (χ3n) is 2.79. The van der Waals surface area contributed by atoms with E-state index >= 15 is 0 Å². The molecule has 6 heteroatoms. The Kier molecular flexibility index (Phi) is 7.56. The van der Waals surface area contributed by atoms with Crippen LogP contribution in [-0.4, -0.2) is 47.2 Å². The van der Waals surface area contributed by atoms with E-state index in [1.165, 1.54) is 12.1 Å². The molecule has 0 spiro atoms. The van der Waals surface area contributed by atoms with Gasteiger partial charge in [-0.05, 0) is 12.5 Å². The molecular weight excluding hydrogens is 276 g/mol. The molecule has 0 aliphatic carbocycles. The number of hydrogen-bond donors (Lipinski definition) is 3. The number of unbranched alkanes of at least 4 members (excludes halogenated alkanes) is 1. The summed E-state index contributed by atoms with van der Waals surface area (Å²) in [5.41, 5.74) is 0.353. The minimum Gasteiger partial charge on any atom is -0.508 e. The van der Waals surface area contributed by atoms with Gasteiger partial charge >= 0.3 is 5.97 Å². The molecule has 21 heavy (non-hydrogen) atoms. The van der Waals surface area contributed by atoms with Crippen LogP contribution in [-0.2, 0) is 20.7 Å². The molecule has 0 aromatic heterocycles. The molecule has 1 rings (SSSR count). The highest BCUT2D eigenvalue weighted by Gasteiger charge is 2.12. The number of aliphatic hydroxyl groups is 1. The lowest BCUT2D eigenvalue weighted by atomic mass is 10.1. The second kappa shape index (κ2) is 9.20. The van der Waals surface area contributed by atoms with Crippen LogP contribution < -0.4 is 0 Å². The van der Waals surface area contributed by atoms with Crippen molar-refractivity contribution in [2.75, 3.05) is 19.8 Å². The Morgan fingerprint density at radius 3 is 2.71 bits per heavy atom. The minimum absolute atomic E-state index is 0.0794. The van der Waals surface area contributed by atoms with E-state index in [1.54, 1.807) is 0 Å². The van der Waals surface area contributed by atoms with Crippen molar-refractivity contribution in [1.82, 2.24) is 0 Å². The first kappa shape index (κ1) is 17.3. The summed E-state index contributed by atoms with van der Waals surface area (Å²) in [5, 5.41) is 28.3. The third-order valence-corrected chi connectivity index (χ3v) is 2.79. The Morgan fingerprint density at radius 2 is 2.05 bits per heavy atom. The van der Waals surface area contributed by atoms with E-state index in [0.29, 0.717) is 12.2 Å². The van der Waals surface area contributed by atoms with Crippen molar-refractivity contribution < 1.29 is 29.6 Å². The van der Waals surface area contributed by atoms with E-state index in [1.807, 2.05) is 6.92 Å². The number of phenols is 2. The number of phenolic OH excluding ortho intramolecular Hbond substituents is 2. The number of benzene rings is 1. The number of ether oxygens (including phenoxy) is 2. The topological polar surface area (TPSA) is 96.2 Å². The van der Waals surface area contributed by atoms with Gasteiger partial charge in [0.15, 0.2) is 0 Å². The summed E-state index contributed by atoms with van der Waals surface area (Å²) in [4.78, 5) is 11.6. The fourth-order valence-corrected chi connectivity index (χ4v) is 1.61. The van der Waals surface area contributed by atoms with Gasteiger partial charge < -0.3 is 24.8 Å². The summed E-state index contributed by atoms with van der Waals surface area (Å²) >= 11 is 0. The van der Waals surface area contributed by atoms with Gasteiger partial charge in [0.25, 0.3) is 0 Å². The molecule has 0 aliphatic heterocycles. The summed E-state index contributed by atoms with van der Waals surface area (Å²) < 4.78 is 10.1. The van der Waals surface area contributed by atoms with Crippen molar-refractivity contribution in [3.63, 3.8) is 0 Å². The van der Waals surface area contributed by atoms with Gasteiger partial charge in [-0.1, -0.05) is 19.4 Å². The van der Waals surface area contributed by atoms with Gasteiger partial charge in [-0.25, -0.2) is 0 Å². The van der Waals surface area contributed by atoms with Crippen LogP contribution in [0.3, 0.4) is 0 Å². The molecular formula is C15H22O6. The molecule has 0 bridgehead atoms. The first-order valence-corrected chi connectivity index (χ1v) is 6.95. The zero-order chi connectivity index (χ0) is 15.7. The Bertz CT molecular complexity index is 446. The van der Waals surface area contributed by atoms with E-state index in [-0.39, 0.29) is 31.1 Å². The van der Waals surface area contributed by atoms with Gasteiger partial charge in [0.05, 0.1) is 13.0 Å². The summed E-state index contributed by atoms with van der Waals surface area (Å²) in [7, 11) is 0. The number of rotatable bonds is 9. The van der Waals surface area contributed by atoms with Crippen LogP contribution in [0.4, 0.5) is 0 Å². The lowest BCUT2D eigenvalue weighted by molar-refractivity contribution is -0.147. The van der Waals surface area contributed by atoms with Crippen molar-refractivity contribution in [3.05, 3.63) is 23.8 Å². The summed E-state index contributed by atoms with van der Waals surface area (Å²) in [6, 6.07) is 3.97. The minimum atomic E-state index is -0.862. The van der Waals surface area contributed by atoms with Crippen molar-refractivity contribution in [3.8, 4) is 11.5 Å². The van der Waals surface area contributed by atoms with Gasteiger partial charge in [0.1, 0.15) is 24.2 Å². The van der Waals surface area contributed by atoms with Crippen molar-refractivity contribution in [2.24, 2.45) is 0 Å². The summed E-state index contributed by atoms with van der Waals surface area (Å²) in [5.74, 6) is -0.816. The van der Waals surface area contributed by atoms with E-state index in [2.05, 4.69) is 0 Å². The smallest absolute Gasteiger partial charge is 0.310 e. The maximum absolute atomic E-state index is 11.6. The number of aromatic hydroxyl groups is 2. The molecule has 0 saturated heterocycles. The normalized spacial score (nSPS) is 12.1. The van der Waals surface area contributed by atoms with E-state index < -0.39 is 12.1 Å². The average molecular weight is 298 g/mol. The lowest BCUT2D eigenvalue weighted by Gasteiger charge is -2.12. The van der Waals surface area contributed by atoms with Gasteiger partial charge in [-0.2, -0.15) is 0 Å². The predicted molar refractivity (Wildman–Crippen MR) is 76.2 cm³/mol. The molecule has 1 atom stereocenters. The molecule has 1 aromatic rings. The van der Waals surface area contributed by atoms with Crippen LogP contribution in [0.2, 0.25) is 0 Å². The van der Waals surface area contributed by atoms with Crippen molar-refractivity contribution in [1.29, 1.82) is 0 Å². The monoisotopic (exact) mass is 298 g/mol. The Labute approximate surface area is 123 Å². The second-order valence-electron chi connectivity index (χ2n) is 4.76. The summed E-state index contributed by atoms with van der Waals surface area (Å²) in [6.07, 6.45) is 0.947. The standard InChI is InChI=1S/C15H22O6/c1-2-3-6-20-9-13(17)10-21-15(19)7-11-4-5-12(16)8-14(11)18/h4-5,8,13,16-18H,2-3,6-7,9-10H2,1H3. The van der Waals surface area contributed by atoms with Gasteiger partial charge in [0.2, 0.25) is 0 Å². The highest BCUT2D eigenvalue weighted by atomic mass is 16.5. The van der Waals surface area contributed by atoms with Gasteiger partial charge in [-0.3, -0.25) is 4.79 Å². The molecule has 0 heterocycles. The van der Waals surface area contributed by atoms with Crippen LogP contribution in [0.5, 0.6) is 11.5 Å². The van der Waals surface area contributed by atoms with Crippen molar-refractivity contribution >= 4 is 5.97 Å². The largest absolute Gasteiger partial charge is 0.508 e. The second-order valence-corrected chi connectivity index (χ2v) is 4.76. The Morgan fingerprint density at radius 1 is 1.29 bits per heavy atom. The fourth-order valence-electron chi connectivity index (χ4n) is 1.61. The van der Waals surface area contributed by atoms with E-state index in [9.17, 15) is 15.0 Å². The lowest BCUT2D eigenvalue weighted by Crippen LogP contribution is -2.24. The SMILES string of the molecule is CCCCOCC(O)COC(=O)Cc1ccc(O)cc1O. The van der Waals surface area contributed by atoms with Gasteiger partial charge in [-0.15, -0.1) is 0 Å². The first-order valence-electron chi connectivity index (χ1n) is 6.95. The highest BCUT2D eigenvalue weighted by molar-refractivity contribution is 5.73. The molecule has 0 fully saturated rings. The van der Waals surface area contributed by atoms with Crippen LogP contribution in [0.25, 0.3) is 0 Å². The van der Waals surface area contributed by atoms with Gasteiger partial charge in [0, 0.05) is 18.2 Å². The Hall–Kier alpha value is -1.79. The zero-order valence-corrected chi connectivity index (χ0v) is 12.1. The maximum atomic E-state index is 11.6. The number of carbonyl (C=O) groups is 1. The molecule has 0 saturated carbocycles. The number of esters is 1. The van der Waals surface area contributed by atoms with Crippen molar-refractivity contribution in [2.45, 2.75) is 32.3 Å². The average Bonchev–Trinajstić information content (AvgIpc) is 2.44. The summed E-state index contributed by atoms with van der Waals surface area (Å²) in [6.45, 7) is 2.59. The molecule has 6 nitrogen and oxygen atoms in total. The number of carbonyl (C=O) groups excluding carboxylic acids is 1. The first-order chi connectivity index (χ1) is 10.0. The van der Waals surface area contributed by atoms with Crippen LogP contribution >= 0.6 is 0 Å². The molecule has 1 aromatic carbocycles. The maximum Gasteiger partial charge on any atom is 0.310 e. The zero-order valence-electron chi connectivity index (χ0n) is 12.1. The molecule has 0 radical (unpaired) electrons. The molecule has 0 aliphatic rings. The van der Waals surface area contributed by atoms with Crippen LogP contribution in [0.1, 0.15) is 25.3 Å². The fraction of sp³-hybridized carbons (Fsp3) is 0.533. The Balaban J connectivity index is 2.27. The molecule has 3 N–H and O–H groups in total. The van der Waals surface area contributed by atoms with Crippen LogP contribution in [0.15, 0.2) is 18.2 Å². The quantitative estimate of drug-likeness (QED) is 0.470. The molecule has 0 amide bonds. The van der Waals surface area contributed by atoms with E-state index in [0.717, 1.165) is 18.9 Å². The number of hydrogen-bond acceptors (Lipinski definition) is 6. The van der Waals surface area contributed by atoms with E-state index in [4.69, 9.17) is 14.6 Å². The van der Waals surface area contributed by atoms with Crippen LogP contribution in [0, 0.1) is 0 Å². The third kappa shape index (κ3) is 6.97. The highest BCUT2D eigenvalue weighted by Crippen LogP contribution is 2.23. The molecule has 118 valence electrons. The number of aliphatic hydroxyl groups excluding tert-OH is 1.